The molecular weight excluding hydrogens is 288 g/mol. The number of methoxy groups -OCH3 is 1. The van der Waals surface area contributed by atoms with Gasteiger partial charge in [0.15, 0.2) is 0 Å². The Morgan fingerprint density at radius 1 is 1.43 bits per heavy atom. The van der Waals surface area contributed by atoms with Crippen LogP contribution >= 0.6 is 11.8 Å². The monoisotopic (exact) mass is 308 g/mol. The van der Waals surface area contributed by atoms with E-state index < -0.39 is 0 Å². The van der Waals surface area contributed by atoms with Gasteiger partial charge in [0.2, 0.25) is 5.91 Å². The summed E-state index contributed by atoms with van der Waals surface area (Å²) in [6, 6.07) is 9.51. The zero-order valence-electron chi connectivity index (χ0n) is 12.1. The first-order valence-electron chi connectivity index (χ1n) is 6.91. The SMILES string of the molecule is COCCN(CCO)C(=O)C1CSC(c2ccccc2)=N1. The Kier molecular flexibility index (Phi) is 6.22. The van der Waals surface area contributed by atoms with Crippen LogP contribution in [-0.2, 0) is 9.53 Å². The summed E-state index contributed by atoms with van der Waals surface area (Å²) in [5, 5.41) is 9.99. The topological polar surface area (TPSA) is 62.1 Å². The number of aliphatic hydroxyl groups is 1. The molecule has 114 valence electrons. The van der Waals surface area contributed by atoms with Gasteiger partial charge in [-0.3, -0.25) is 9.79 Å². The third-order valence-corrected chi connectivity index (χ3v) is 4.30. The molecule has 1 aromatic rings. The van der Waals surface area contributed by atoms with E-state index in [-0.39, 0.29) is 18.6 Å². The summed E-state index contributed by atoms with van der Waals surface area (Å²) in [4.78, 5) is 18.6. The van der Waals surface area contributed by atoms with Crippen LogP contribution in [0.15, 0.2) is 35.3 Å². The third-order valence-electron chi connectivity index (χ3n) is 3.20. The van der Waals surface area contributed by atoms with E-state index >= 15 is 0 Å². The molecule has 0 aliphatic carbocycles. The highest BCUT2D eigenvalue weighted by molar-refractivity contribution is 8.14. The van der Waals surface area contributed by atoms with Crippen LogP contribution in [0.3, 0.4) is 0 Å². The van der Waals surface area contributed by atoms with Crippen molar-refractivity contribution in [2.24, 2.45) is 4.99 Å². The van der Waals surface area contributed by atoms with Gasteiger partial charge >= 0.3 is 0 Å². The van der Waals surface area contributed by atoms with Gasteiger partial charge in [-0.15, -0.1) is 11.8 Å². The standard InChI is InChI=1S/C15H20N2O3S/c1-20-10-8-17(7-9-18)15(19)13-11-21-14(16-13)12-5-3-2-4-6-12/h2-6,13,18H,7-11H2,1H3. The molecule has 1 atom stereocenters. The van der Waals surface area contributed by atoms with E-state index in [1.54, 1.807) is 23.8 Å². The van der Waals surface area contributed by atoms with Gasteiger partial charge in [0.1, 0.15) is 6.04 Å². The lowest BCUT2D eigenvalue weighted by Crippen LogP contribution is -2.42. The molecule has 0 aromatic heterocycles. The first-order chi connectivity index (χ1) is 10.3. The highest BCUT2D eigenvalue weighted by atomic mass is 32.2. The van der Waals surface area contributed by atoms with Crippen LogP contribution in [0.4, 0.5) is 0 Å². The van der Waals surface area contributed by atoms with Crippen molar-refractivity contribution < 1.29 is 14.6 Å². The molecule has 1 aliphatic heterocycles. The van der Waals surface area contributed by atoms with E-state index in [9.17, 15) is 4.79 Å². The van der Waals surface area contributed by atoms with E-state index in [1.165, 1.54) is 0 Å². The second kappa shape index (κ2) is 8.17. The van der Waals surface area contributed by atoms with E-state index in [0.717, 1.165) is 10.6 Å². The summed E-state index contributed by atoms with van der Waals surface area (Å²) >= 11 is 1.60. The molecule has 1 heterocycles. The molecule has 1 aromatic carbocycles. The summed E-state index contributed by atoms with van der Waals surface area (Å²) in [6.45, 7) is 1.21. The van der Waals surface area contributed by atoms with Gasteiger partial charge in [-0.25, -0.2) is 0 Å². The largest absolute Gasteiger partial charge is 0.395 e. The number of aliphatic imine (C=N–C) groups is 1. The van der Waals surface area contributed by atoms with Gasteiger partial charge in [-0.1, -0.05) is 30.3 Å². The predicted octanol–water partition coefficient (Wildman–Crippen LogP) is 1.02. The lowest BCUT2D eigenvalue weighted by Gasteiger charge is -2.23. The quantitative estimate of drug-likeness (QED) is 0.817. The summed E-state index contributed by atoms with van der Waals surface area (Å²) < 4.78 is 5.01. The second-order valence-electron chi connectivity index (χ2n) is 4.67. The Balaban J connectivity index is 2.04. The van der Waals surface area contributed by atoms with Gasteiger partial charge in [0, 0.05) is 31.5 Å². The molecule has 0 radical (unpaired) electrons. The van der Waals surface area contributed by atoms with Gasteiger partial charge in [0.25, 0.3) is 0 Å². The van der Waals surface area contributed by atoms with Crippen LogP contribution in [-0.4, -0.2) is 66.2 Å². The normalized spacial score (nSPS) is 17.6. The van der Waals surface area contributed by atoms with Crippen molar-refractivity contribution in [3.8, 4) is 0 Å². The molecule has 1 N–H and O–H groups in total. The highest BCUT2D eigenvalue weighted by Gasteiger charge is 2.29. The number of carbonyl (C=O) groups is 1. The van der Waals surface area contributed by atoms with Crippen molar-refractivity contribution in [3.05, 3.63) is 35.9 Å². The second-order valence-corrected chi connectivity index (χ2v) is 5.68. The molecule has 0 saturated carbocycles. The number of hydrogen-bond donors (Lipinski definition) is 1. The van der Waals surface area contributed by atoms with E-state index in [0.29, 0.717) is 25.4 Å². The van der Waals surface area contributed by atoms with E-state index in [1.807, 2.05) is 30.3 Å². The molecular formula is C15H20N2O3S. The minimum Gasteiger partial charge on any atom is -0.395 e. The van der Waals surface area contributed by atoms with Gasteiger partial charge < -0.3 is 14.7 Å². The van der Waals surface area contributed by atoms with Gasteiger partial charge in [-0.2, -0.15) is 0 Å². The molecule has 1 amide bonds. The van der Waals surface area contributed by atoms with Crippen LogP contribution in [0.5, 0.6) is 0 Å². The fourth-order valence-electron chi connectivity index (χ4n) is 2.10. The van der Waals surface area contributed by atoms with Crippen LogP contribution in [0.2, 0.25) is 0 Å². The molecule has 6 heteroatoms. The first kappa shape index (κ1) is 16.0. The first-order valence-corrected chi connectivity index (χ1v) is 7.89. The molecule has 1 unspecified atom stereocenters. The zero-order chi connectivity index (χ0) is 15.1. The Morgan fingerprint density at radius 2 is 2.19 bits per heavy atom. The molecule has 0 bridgehead atoms. The van der Waals surface area contributed by atoms with Gasteiger partial charge in [0.05, 0.1) is 18.3 Å². The number of benzene rings is 1. The number of amides is 1. The molecule has 5 nitrogen and oxygen atoms in total. The van der Waals surface area contributed by atoms with Crippen LogP contribution in [0.25, 0.3) is 0 Å². The molecule has 21 heavy (non-hydrogen) atoms. The summed E-state index contributed by atoms with van der Waals surface area (Å²) in [5.41, 5.74) is 1.04. The van der Waals surface area contributed by atoms with Crippen LogP contribution < -0.4 is 0 Å². The number of carbonyl (C=O) groups excluding carboxylic acids is 1. The number of rotatable bonds is 7. The Morgan fingerprint density at radius 3 is 2.86 bits per heavy atom. The fourth-order valence-corrected chi connectivity index (χ4v) is 3.14. The Bertz CT molecular complexity index is 493. The van der Waals surface area contributed by atoms with Crippen molar-refractivity contribution in [1.29, 1.82) is 0 Å². The zero-order valence-corrected chi connectivity index (χ0v) is 12.9. The van der Waals surface area contributed by atoms with Crippen molar-refractivity contribution in [2.75, 3.05) is 39.2 Å². The lowest BCUT2D eigenvalue weighted by molar-refractivity contribution is -0.133. The Labute approximate surface area is 129 Å². The van der Waals surface area contributed by atoms with Crippen molar-refractivity contribution in [1.82, 2.24) is 4.90 Å². The minimum atomic E-state index is -0.367. The van der Waals surface area contributed by atoms with E-state index in [2.05, 4.69) is 4.99 Å². The smallest absolute Gasteiger partial charge is 0.248 e. The number of thioether (sulfide) groups is 1. The van der Waals surface area contributed by atoms with Crippen LogP contribution in [0.1, 0.15) is 5.56 Å². The van der Waals surface area contributed by atoms with E-state index in [4.69, 9.17) is 9.84 Å². The van der Waals surface area contributed by atoms with Crippen molar-refractivity contribution in [2.45, 2.75) is 6.04 Å². The maximum absolute atomic E-state index is 12.5. The number of nitrogens with zero attached hydrogens (tertiary/aromatic N) is 2. The fraction of sp³-hybridized carbons (Fsp3) is 0.467. The Hall–Kier alpha value is -1.37. The maximum Gasteiger partial charge on any atom is 0.248 e. The maximum atomic E-state index is 12.5. The average molecular weight is 308 g/mol. The summed E-state index contributed by atoms with van der Waals surface area (Å²) in [6.07, 6.45) is 0. The average Bonchev–Trinajstić information content (AvgIpc) is 3.01. The molecule has 0 saturated heterocycles. The third kappa shape index (κ3) is 4.30. The van der Waals surface area contributed by atoms with Crippen molar-refractivity contribution in [3.63, 3.8) is 0 Å². The number of aliphatic hydroxyl groups excluding tert-OH is 1. The number of ether oxygens (including phenoxy) is 1. The van der Waals surface area contributed by atoms with Crippen LogP contribution in [0, 0.1) is 0 Å². The summed E-state index contributed by atoms with van der Waals surface area (Å²) in [7, 11) is 1.60. The number of hydrogen-bond acceptors (Lipinski definition) is 5. The summed E-state index contributed by atoms with van der Waals surface area (Å²) in [5.74, 6) is 0.609. The van der Waals surface area contributed by atoms with Gasteiger partial charge in [-0.05, 0) is 0 Å². The highest BCUT2D eigenvalue weighted by Crippen LogP contribution is 2.24. The molecule has 2 rings (SSSR count). The lowest BCUT2D eigenvalue weighted by atomic mass is 10.2. The minimum absolute atomic E-state index is 0.0421. The molecule has 1 aliphatic rings. The molecule has 0 spiro atoms. The van der Waals surface area contributed by atoms with Crippen molar-refractivity contribution >= 4 is 22.7 Å². The molecule has 0 fully saturated rings. The predicted molar refractivity (Wildman–Crippen MR) is 84.8 cm³/mol.